The molecule has 4 amide bonds. The fourth-order valence-electron chi connectivity index (χ4n) is 5.43. The van der Waals surface area contributed by atoms with Gasteiger partial charge in [0.1, 0.15) is 30.3 Å². The smallest absolute Gasteiger partial charge is 0.253 e. The van der Waals surface area contributed by atoms with Crippen LogP contribution in [0.4, 0.5) is 24.7 Å². The highest BCUT2D eigenvalue weighted by molar-refractivity contribution is 14.1. The van der Waals surface area contributed by atoms with E-state index in [-0.39, 0.29) is 30.2 Å². The molecule has 14 heteroatoms. The lowest BCUT2D eigenvalue weighted by molar-refractivity contribution is -0.139. The molecule has 0 unspecified atom stereocenters. The van der Waals surface area contributed by atoms with Crippen LogP contribution < -0.4 is 15.1 Å². The molecule has 5 rings (SSSR count). The van der Waals surface area contributed by atoms with Crippen molar-refractivity contribution in [2.24, 2.45) is 0 Å². The van der Waals surface area contributed by atoms with Gasteiger partial charge in [0.05, 0.1) is 18.2 Å². The van der Waals surface area contributed by atoms with Gasteiger partial charge in [-0.1, -0.05) is 24.3 Å². The van der Waals surface area contributed by atoms with Crippen molar-refractivity contribution >= 4 is 57.7 Å². The maximum Gasteiger partial charge on any atom is 0.253 e. The van der Waals surface area contributed by atoms with Crippen LogP contribution in [-0.2, 0) is 19.2 Å². The number of halogens is 4. The summed E-state index contributed by atoms with van der Waals surface area (Å²) in [6.45, 7) is 0.549. The van der Waals surface area contributed by atoms with Crippen molar-refractivity contribution in [3.05, 3.63) is 87.4 Å². The maximum absolute atomic E-state index is 14.8. The van der Waals surface area contributed by atoms with E-state index < -0.39 is 66.3 Å². The Labute approximate surface area is 269 Å². The van der Waals surface area contributed by atoms with Gasteiger partial charge in [-0.25, -0.2) is 18.2 Å². The third-order valence-corrected chi connectivity index (χ3v) is 8.60. The summed E-state index contributed by atoms with van der Waals surface area (Å²) < 4.78 is 42.7. The normalized spacial score (nSPS) is 18.4. The van der Waals surface area contributed by atoms with E-state index in [0.29, 0.717) is 9.13 Å². The van der Waals surface area contributed by atoms with E-state index in [1.165, 1.54) is 37.4 Å². The van der Waals surface area contributed by atoms with Gasteiger partial charge in [-0.2, -0.15) is 5.26 Å². The molecule has 2 aromatic carbocycles. The van der Waals surface area contributed by atoms with Crippen molar-refractivity contribution in [2.75, 3.05) is 22.9 Å². The van der Waals surface area contributed by atoms with Crippen molar-refractivity contribution in [3.8, 4) is 6.07 Å². The Morgan fingerprint density at radius 1 is 1.13 bits per heavy atom. The first-order valence-electron chi connectivity index (χ1n) is 13.8. The Morgan fingerprint density at radius 3 is 2.51 bits per heavy atom. The molecular weight excluding hydrogens is 704 g/mol. The van der Waals surface area contributed by atoms with Gasteiger partial charge in [-0.05, 0) is 64.6 Å². The van der Waals surface area contributed by atoms with Gasteiger partial charge in [0.15, 0.2) is 0 Å². The monoisotopic (exact) mass is 730 g/mol. The minimum absolute atomic E-state index is 0.0354. The van der Waals surface area contributed by atoms with Crippen LogP contribution in [0.2, 0.25) is 0 Å². The molecule has 1 aliphatic heterocycles. The van der Waals surface area contributed by atoms with Crippen molar-refractivity contribution in [3.63, 3.8) is 0 Å². The van der Waals surface area contributed by atoms with Gasteiger partial charge in [0.25, 0.3) is 11.8 Å². The number of benzene rings is 2. The molecule has 2 aliphatic rings. The molecule has 1 saturated carbocycles. The summed E-state index contributed by atoms with van der Waals surface area (Å²) in [7, 11) is 0. The lowest BCUT2D eigenvalue weighted by Crippen LogP contribution is -2.64. The van der Waals surface area contributed by atoms with E-state index in [1.807, 2.05) is 28.7 Å². The van der Waals surface area contributed by atoms with Crippen LogP contribution in [0.25, 0.3) is 0 Å². The number of alkyl halides is 2. The maximum atomic E-state index is 14.8. The van der Waals surface area contributed by atoms with E-state index in [2.05, 4.69) is 10.3 Å². The van der Waals surface area contributed by atoms with Gasteiger partial charge in [-0.15, -0.1) is 0 Å². The lowest BCUT2D eigenvalue weighted by atomic mass is 9.87. The Bertz CT molecular complexity index is 1710. The third kappa shape index (κ3) is 6.77. The summed E-state index contributed by atoms with van der Waals surface area (Å²) in [4.78, 5) is 62.3. The molecule has 3 aromatic rings. The molecule has 2 atom stereocenters. The Kier molecular flexibility index (Phi) is 9.10. The van der Waals surface area contributed by atoms with Crippen LogP contribution in [-0.4, -0.2) is 64.6 Å². The molecule has 45 heavy (non-hydrogen) atoms. The number of amides is 4. The summed E-state index contributed by atoms with van der Waals surface area (Å²) in [6, 6.07) is 12.4. The number of anilines is 2. The molecule has 232 valence electrons. The van der Waals surface area contributed by atoms with Crippen molar-refractivity contribution in [1.82, 2.24) is 15.2 Å². The second-order valence-electron chi connectivity index (χ2n) is 10.8. The van der Waals surface area contributed by atoms with E-state index in [9.17, 15) is 37.6 Å². The molecule has 10 nitrogen and oxygen atoms in total. The van der Waals surface area contributed by atoms with Crippen molar-refractivity contribution < 1.29 is 32.3 Å². The zero-order valence-corrected chi connectivity index (χ0v) is 25.9. The minimum atomic E-state index is -2.93. The molecule has 2 fully saturated rings. The molecule has 0 bridgehead atoms. The first-order chi connectivity index (χ1) is 21.4. The van der Waals surface area contributed by atoms with Crippen LogP contribution in [0.15, 0.2) is 66.9 Å². The van der Waals surface area contributed by atoms with Gasteiger partial charge in [-0.3, -0.25) is 29.0 Å². The zero-order valence-electron chi connectivity index (χ0n) is 23.8. The van der Waals surface area contributed by atoms with E-state index in [1.54, 1.807) is 24.3 Å². The molecular formula is C31H26F3IN6O4. The number of carbonyl (C=O) groups is 4. The molecule has 1 aliphatic carbocycles. The topological polar surface area (TPSA) is 127 Å². The number of piperazine rings is 1. The van der Waals surface area contributed by atoms with Gasteiger partial charge >= 0.3 is 0 Å². The van der Waals surface area contributed by atoms with E-state index in [0.717, 1.165) is 26.8 Å². The molecule has 1 saturated heterocycles. The summed E-state index contributed by atoms with van der Waals surface area (Å²) in [6.07, 6.45) is 0.136. The number of carbonyl (C=O) groups excluding carboxylic acids is 4. The first kappa shape index (κ1) is 31.9. The molecule has 1 N–H and O–H groups in total. The second-order valence-corrected chi connectivity index (χ2v) is 11.9. The molecule has 1 aromatic heterocycles. The largest absolute Gasteiger partial charge is 0.351 e. The standard InChI is InChI=1S/C31H26F3IN6O4/c1-18(42)39-16-25(41(27(43)17-39)26-11-19(15-36)9-10-37-26)30(45)40(22-6-4-5-20(32)12-22)28(23-7-2-3-8-24(23)35)29(44)38-21-13-31(33,34)14-21/h2-12,21,25,28H,13-14,16-17H2,1H3,(H,38,44)/t25-,28-/m0/s1. The van der Waals surface area contributed by atoms with Crippen molar-refractivity contribution in [1.29, 1.82) is 5.26 Å². The number of nitriles is 1. The van der Waals surface area contributed by atoms with Crippen LogP contribution in [0.3, 0.4) is 0 Å². The van der Waals surface area contributed by atoms with Gasteiger partial charge in [0.2, 0.25) is 17.7 Å². The average molecular weight is 730 g/mol. The second kappa shape index (κ2) is 12.8. The van der Waals surface area contributed by atoms with Crippen LogP contribution >= 0.6 is 22.6 Å². The Morgan fingerprint density at radius 2 is 1.87 bits per heavy atom. The average Bonchev–Trinajstić information content (AvgIpc) is 2.98. The Balaban J connectivity index is 1.66. The highest BCUT2D eigenvalue weighted by Gasteiger charge is 2.49. The number of nitrogens with zero attached hydrogens (tertiary/aromatic N) is 5. The van der Waals surface area contributed by atoms with Gasteiger partial charge in [0, 0.05) is 41.3 Å². The van der Waals surface area contributed by atoms with Crippen LogP contribution in [0, 0.1) is 20.7 Å². The summed E-state index contributed by atoms with van der Waals surface area (Å²) in [5.74, 6) is -6.53. The SMILES string of the molecule is CC(=O)N1CC(=O)N(c2cc(C#N)ccn2)[C@H](C(=O)N(c2cccc(F)c2)[C@H](C(=O)NC2CC(F)(F)C2)c2ccccc2I)C1. The van der Waals surface area contributed by atoms with Gasteiger partial charge < -0.3 is 10.2 Å². The fraction of sp³-hybridized carbons (Fsp3) is 0.290. The highest BCUT2D eigenvalue weighted by Crippen LogP contribution is 2.39. The van der Waals surface area contributed by atoms with Crippen molar-refractivity contribution in [2.45, 2.75) is 43.8 Å². The quantitative estimate of drug-likeness (QED) is 0.367. The predicted molar refractivity (Wildman–Crippen MR) is 164 cm³/mol. The fourth-order valence-corrected chi connectivity index (χ4v) is 6.11. The molecule has 0 spiro atoms. The number of rotatable bonds is 7. The molecule has 0 radical (unpaired) electrons. The summed E-state index contributed by atoms with van der Waals surface area (Å²) >= 11 is 1.97. The van der Waals surface area contributed by atoms with E-state index in [4.69, 9.17) is 0 Å². The van der Waals surface area contributed by atoms with E-state index >= 15 is 0 Å². The predicted octanol–water partition coefficient (Wildman–Crippen LogP) is 3.95. The number of hydrogen-bond donors (Lipinski definition) is 1. The lowest BCUT2D eigenvalue weighted by Gasteiger charge is -2.43. The minimum Gasteiger partial charge on any atom is -0.351 e. The van der Waals surface area contributed by atoms with Crippen LogP contribution in [0.5, 0.6) is 0 Å². The highest BCUT2D eigenvalue weighted by atomic mass is 127. The Hall–Kier alpha value is -4.52. The number of aromatic nitrogens is 1. The third-order valence-electron chi connectivity index (χ3n) is 7.62. The molecule has 2 heterocycles. The first-order valence-corrected chi connectivity index (χ1v) is 14.9. The number of pyridine rings is 1. The van der Waals surface area contributed by atoms with Crippen LogP contribution in [0.1, 0.15) is 36.9 Å². The number of nitrogens with one attached hydrogen (secondary N) is 1. The zero-order chi connectivity index (χ0) is 32.5. The summed E-state index contributed by atoms with van der Waals surface area (Å²) in [5.41, 5.74) is 0.425. The summed E-state index contributed by atoms with van der Waals surface area (Å²) in [5, 5.41) is 12.1. The number of hydrogen-bond acceptors (Lipinski definition) is 6.